The summed E-state index contributed by atoms with van der Waals surface area (Å²) in [6.45, 7) is -0.0840. The molecule has 0 bridgehead atoms. The number of rotatable bonds is 3. The predicted octanol–water partition coefficient (Wildman–Crippen LogP) is 3.07. The van der Waals surface area contributed by atoms with Gasteiger partial charge in [0.25, 0.3) is 5.56 Å². The Bertz CT molecular complexity index is 817. The van der Waals surface area contributed by atoms with Crippen LogP contribution in [0, 0.1) is 0 Å². The van der Waals surface area contributed by atoms with E-state index in [9.17, 15) is 9.59 Å². The summed E-state index contributed by atoms with van der Waals surface area (Å²) in [5.74, 6) is -0.317. The zero-order valence-electron chi connectivity index (χ0n) is 12.3. The number of carbonyl (C=O) groups is 1. The van der Waals surface area contributed by atoms with E-state index in [1.165, 1.54) is 10.9 Å². The molecule has 0 radical (unpaired) electrons. The van der Waals surface area contributed by atoms with Crippen molar-refractivity contribution >= 4 is 34.8 Å². The van der Waals surface area contributed by atoms with Gasteiger partial charge in [-0.3, -0.25) is 14.2 Å². The van der Waals surface area contributed by atoms with Crippen molar-refractivity contribution in [3.05, 3.63) is 56.2 Å². The van der Waals surface area contributed by atoms with E-state index in [1.54, 1.807) is 18.2 Å². The number of nitrogens with zero attached hydrogens (tertiary/aromatic N) is 2. The first kappa shape index (κ1) is 16.0. The van der Waals surface area contributed by atoms with Crippen LogP contribution in [0.3, 0.4) is 0 Å². The number of hydrogen-bond acceptors (Lipinski definition) is 3. The number of anilines is 1. The van der Waals surface area contributed by atoms with Gasteiger partial charge in [0.2, 0.25) is 5.91 Å². The first-order chi connectivity index (χ1) is 11.0. The normalized spacial score (nSPS) is 13.5. The molecule has 2 aromatic rings. The van der Waals surface area contributed by atoms with Crippen molar-refractivity contribution < 1.29 is 4.79 Å². The highest BCUT2D eigenvalue weighted by Crippen LogP contribution is 2.25. The lowest BCUT2D eigenvalue weighted by atomic mass is 9.97. The molecule has 1 heterocycles. The maximum atomic E-state index is 12.4. The summed E-state index contributed by atoms with van der Waals surface area (Å²) in [5, 5.41) is 3.47. The molecule has 0 spiro atoms. The first-order valence-electron chi connectivity index (χ1n) is 7.36. The van der Waals surface area contributed by atoms with Gasteiger partial charge in [-0.15, -0.1) is 0 Å². The van der Waals surface area contributed by atoms with Crippen LogP contribution in [-0.4, -0.2) is 15.5 Å². The molecule has 0 saturated carbocycles. The number of aromatic nitrogens is 2. The van der Waals surface area contributed by atoms with Crippen LogP contribution in [0.4, 0.5) is 5.69 Å². The highest BCUT2D eigenvalue weighted by molar-refractivity contribution is 6.42. The minimum Gasteiger partial charge on any atom is -0.324 e. The third kappa shape index (κ3) is 3.57. The molecule has 120 valence electrons. The standard InChI is InChI=1S/C16H15Cl2N3O2/c17-12-6-5-10(7-13(12)18)20-15(22)8-21-9-19-14-4-2-1-3-11(14)16(21)23/h5-7,9H,1-4,8H2,(H,20,22). The molecule has 23 heavy (non-hydrogen) atoms. The topological polar surface area (TPSA) is 64.0 Å². The fraction of sp³-hybridized carbons (Fsp3) is 0.312. The molecule has 1 aromatic heterocycles. The monoisotopic (exact) mass is 351 g/mol. The Kier molecular flexibility index (Phi) is 4.68. The average Bonchev–Trinajstić information content (AvgIpc) is 2.54. The molecule has 1 aliphatic rings. The number of benzene rings is 1. The van der Waals surface area contributed by atoms with E-state index in [0.29, 0.717) is 15.7 Å². The number of hydrogen-bond donors (Lipinski definition) is 1. The predicted molar refractivity (Wildman–Crippen MR) is 90.2 cm³/mol. The Labute approximate surface area is 143 Å². The van der Waals surface area contributed by atoms with Crippen molar-refractivity contribution in [3.8, 4) is 0 Å². The van der Waals surface area contributed by atoms with Gasteiger partial charge in [0.1, 0.15) is 6.54 Å². The third-order valence-corrected chi connectivity index (χ3v) is 4.57. The van der Waals surface area contributed by atoms with Crippen LogP contribution in [-0.2, 0) is 24.2 Å². The summed E-state index contributed by atoms with van der Waals surface area (Å²) in [5.41, 5.74) is 2.01. The lowest BCUT2D eigenvalue weighted by Gasteiger charge is -2.15. The van der Waals surface area contributed by atoms with Crippen molar-refractivity contribution in [3.63, 3.8) is 0 Å². The second kappa shape index (κ2) is 6.72. The summed E-state index contributed by atoms with van der Waals surface area (Å²) in [6, 6.07) is 4.82. The van der Waals surface area contributed by atoms with Crippen LogP contribution in [0.15, 0.2) is 29.3 Å². The van der Waals surface area contributed by atoms with Crippen molar-refractivity contribution in [1.29, 1.82) is 0 Å². The summed E-state index contributed by atoms with van der Waals surface area (Å²) in [7, 11) is 0. The zero-order valence-corrected chi connectivity index (χ0v) is 13.8. The molecule has 0 aliphatic heterocycles. The van der Waals surface area contributed by atoms with Gasteiger partial charge >= 0.3 is 0 Å². The molecule has 0 unspecified atom stereocenters. The molecule has 3 rings (SSSR count). The smallest absolute Gasteiger partial charge is 0.257 e. The van der Waals surface area contributed by atoms with Gasteiger partial charge in [-0.05, 0) is 43.9 Å². The molecule has 1 amide bonds. The summed E-state index contributed by atoms with van der Waals surface area (Å²) >= 11 is 11.8. The summed E-state index contributed by atoms with van der Waals surface area (Å²) < 4.78 is 1.34. The van der Waals surface area contributed by atoms with Crippen molar-refractivity contribution in [1.82, 2.24) is 9.55 Å². The minimum absolute atomic E-state index is 0.0840. The quantitative estimate of drug-likeness (QED) is 0.923. The highest BCUT2D eigenvalue weighted by Gasteiger charge is 2.16. The minimum atomic E-state index is -0.317. The second-order valence-electron chi connectivity index (χ2n) is 5.49. The molecule has 5 nitrogen and oxygen atoms in total. The van der Waals surface area contributed by atoms with Crippen molar-refractivity contribution in [2.45, 2.75) is 32.2 Å². The van der Waals surface area contributed by atoms with E-state index < -0.39 is 0 Å². The van der Waals surface area contributed by atoms with Gasteiger partial charge in [0, 0.05) is 11.3 Å². The Morgan fingerprint density at radius 1 is 1.22 bits per heavy atom. The molecule has 1 aromatic carbocycles. The lowest BCUT2D eigenvalue weighted by Crippen LogP contribution is -2.32. The number of carbonyl (C=O) groups excluding carboxylic acids is 1. The van der Waals surface area contributed by atoms with Crippen molar-refractivity contribution in [2.75, 3.05) is 5.32 Å². The van der Waals surface area contributed by atoms with Gasteiger partial charge in [0.15, 0.2) is 0 Å². The lowest BCUT2D eigenvalue weighted by molar-refractivity contribution is -0.116. The first-order valence-corrected chi connectivity index (χ1v) is 8.12. The molecular weight excluding hydrogens is 337 g/mol. The Balaban J connectivity index is 1.75. The van der Waals surface area contributed by atoms with Gasteiger partial charge in [-0.2, -0.15) is 0 Å². The highest BCUT2D eigenvalue weighted by atomic mass is 35.5. The number of aryl methyl sites for hydroxylation is 1. The summed E-state index contributed by atoms with van der Waals surface area (Å²) in [4.78, 5) is 28.8. The number of fused-ring (bicyclic) bond motifs is 1. The van der Waals surface area contributed by atoms with Crippen molar-refractivity contribution in [2.24, 2.45) is 0 Å². The Hall–Kier alpha value is -1.85. The second-order valence-corrected chi connectivity index (χ2v) is 6.30. The molecule has 0 fully saturated rings. The van der Waals surface area contributed by atoms with Gasteiger partial charge < -0.3 is 5.32 Å². The fourth-order valence-corrected chi connectivity index (χ4v) is 2.97. The molecule has 7 heteroatoms. The van der Waals surface area contributed by atoms with Crippen LogP contribution in [0.1, 0.15) is 24.1 Å². The maximum absolute atomic E-state index is 12.4. The molecule has 0 atom stereocenters. The molecule has 0 saturated heterocycles. The van der Waals surface area contributed by atoms with E-state index in [2.05, 4.69) is 10.3 Å². The fourth-order valence-electron chi connectivity index (χ4n) is 2.67. The van der Waals surface area contributed by atoms with Crippen LogP contribution in [0.2, 0.25) is 10.0 Å². The SMILES string of the molecule is O=C(Cn1cnc2c(c1=O)CCCC2)Nc1ccc(Cl)c(Cl)c1. The Morgan fingerprint density at radius 2 is 2.00 bits per heavy atom. The van der Waals surface area contributed by atoms with Crippen LogP contribution >= 0.6 is 23.2 Å². The van der Waals surface area contributed by atoms with Gasteiger partial charge in [-0.25, -0.2) is 4.98 Å². The molecule has 1 N–H and O–H groups in total. The van der Waals surface area contributed by atoms with Crippen LogP contribution < -0.4 is 10.9 Å². The van der Waals surface area contributed by atoms with E-state index in [-0.39, 0.29) is 18.0 Å². The number of nitrogens with one attached hydrogen (secondary N) is 1. The molecule has 1 aliphatic carbocycles. The summed E-state index contributed by atoms with van der Waals surface area (Å²) in [6.07, 6.45) is 5.06. The molecular formula is C16H15Cl2N3O2. The average molecular weight is 352 g/mol. The van der Waals surface area contributed by atoms with E-state index in [1.807, 2.05) is 0 Å². The zero-order chi connectivity index (χ0) is 16.4. The van der Waals surface area contributed by atoms with E-state index in [0.717, 1.165) is 36.9 Å². The van der Waals surface area contributed by atoms with E-state index >= 15 is 0 Å². The van der Waals surface area contributed by atoms with Gasteiger partial charge in [-0.1, -0.05) is 23.2 Å². The van der Waals surface area contributed by atoms with E-state index in [4.69, 9.17) is 23.2 Å². The Morgan fingerprint density at radius 3 is 2.78 bits per heavy atom. The largest absolute Gasteiger partial charge is 0.324 e. The number of halogens is 2. The van der Waals surface area contributed by atoms with Crippen LogP contribution in [0.5, 0.6) is 0 Å². The maximum Gasteiger partial charge on any atom is 0.257 e. The number of amides is 1. The third-order valence-electron chi connectivity index (χ3n) is 3.83. The van der Waals surface area contributed by atoms with Crippen LogP contribution in [0.25, 0.3) is 0 Å². The van der Waals surface area contributed by atoms with Gasteiger partial charge in [0.05, 0.1) is 22.1 Å².